The molecule has 0 spiro atoms. The van der Waals surface area contributed by atoms with Gasteiger partial charge in [0, 0.05) is 30.8 Å². The minimum atomic E-state index is -1.09. The number of aromatic nitrogens is 1. The maximum Gasteiger partial charge on any atom is 0.408 e. The van der Waals surface area contributed by atoms with Crippen LogP contribution < -0.4 is 10.6 Å². The molecule has 0 radical (unpaired) electrons. The molecular weight excluding hydrogens is 518 g/mol. The van der Waals surface area contributed by atoms with Crippen LogP contribution in [0.15, 0.2) is 42.5 Å². The number of nitrogens with zero attached hydrogens (tertiary/aromatic N) is 1. The second-order valence-electron chi connectivity index (χ2n) is 11.5. The molecule has 1 unspecified atom stereocenters. The molecule has 41 heavy (non-hydrogen) atoms. The molecule has 1 amide bonds. The van der Waals surface area contributed by atoms with E-state index in [1.807, 2.05) is 30.3 Å². The lowest BCUT2D eigenvalue weighted by atomic mass is 9.79. The van der Waals surface area contributed by atoms with Gasteiger partial charge in [-0.2, -0.15) is 0 Å². The SMILES string of the molecule is O=C(NC(CCOC1CC(CCc2ccc3c(n2)NCCC3)C1)C(=O)O)O[C@H]1CCCC[C@@H]1C#Cc1ccccc1. The van der Waals surface area contributed by atoms with Crippen molar-refractivity contribution >= 4 is 17.9 Å². The van der Waals surface area contributed by atoms with Crippen LogP contribution in [0, 0.1) is 23.7 Å². The lowest BCUT2D eigenvalue weighted by molar-refractivity contribution is -0.140. The van der Waals surface area contributed by atoms with E-state index in [2.05, 4.69) is 34.6 Å². The van der Waals surface area contributed by atoms with Crippen molar-refractivity contribution in [3.05, 3.63) is 59.3 Å². The number of alkyl carbamates (subject to hydrolysis) is 1. The van der Waals surface area contributed by atoms with Gasteiger partial charge < -0.3 is 25.2 Å². The summed E-state index contributed by atoms with van der Waals surface area (Å²) in [5.74, 6) is 6.94. The first-order valence-electron chi connectivity index (χ1n) is 15.1. The molecule has 218 valence electrons. The fourth-order valence-electron chi connectivity index (χ4n) is 5.93. The number of hydrogen-bond acceptors (Lipinski definition) is 6. The van der Waals surface area contributed by atoms with Crippen LogP contribution in [0.25, 0.3) is 0 Å². The Labute approximate surface area is 242 Å². The first-order valence-corrected chi connectivity index (χ1v) is 15.1. The Morgan fingerprint density at radius 2 is 1.93 bits per heavy atom. The summed E-state index contributed by atoms with van der Waals surface area (Å²) in [5.41, 5.74) is 3.37. The highest BCUT2D eigenvalue weighted by Crippen LogP contribution is 2.34. The third-order valence-electron chi connectivity index (χ3n) is 8.44. The maximum absolute atomic E-state index is 12.6. The Morgan fingerprint density at radius 1 is 1.10 bits per heavy atom. The molecule has 2 aliphatic carbocycles. The molecule has 3 N–H and O–H groups in total. The van der Waals surface area contributed by atoms with Crippen molar-refractivity contribution in [3.8, 4) is 11.8 Å². The van der Waals surface area contributed by atoms with Crippen molar-refractivity contribution in [2.24, 2.45) is 11.8 Å². The van der Waals surface area contributed by atoms with Crippen molar-refractivity contribution in [1.82, 2.24) is 10.3 Å². The summed E-state index contributed by atoms with van der Waals surface area (Å²) >= 11 is 0. The highest BCUT2D eigenvalue weighted by Gasteiger charge is 2.31. The summed E-state index contributed by atoms with van der Waals surface area (Å²) < 4.78 is 11.6. The topological polar surface area (TPSA) is 110 Å². The average molecular weight is 560 g/mol. The molecule has 0 bridgehead atoms. The number of aryl methyl sites for hydroxylation is 2. The van der Waals surface area contributed by atoms with E-state index in [-0.39, 0.29) is 31.2 Å². The van der Waals surface area contributed by atoms with Gasteiger partial charge in [0.25, 0.3) is 0 Å². The third-order valence-corrected chi connectivity index (χ3v) is 8.44. The fourth-order valence-corrected chi connectivity index (χ4v) is 5.93. The summed E-state index contributed by atoms with van der Waals surface area (Å²) in [6.07, 6.45) is 9.12. The second-order valence-corrected chi connectivity index (χ2v) is 11.5. The van der Waals surface area contributed by atoms with E-state index < -0.39 is 18.1 Å². The highest BCUT2D eigenvalue weighted by atomic mass is 16.6. The van der Waals surface area contributed by atoms with Crippen molar-refractivity contribution in [2.75, 3.05) is 18.5 Å². The van der Waals surface area contributed by atoms with Crippen LogP contribution in [0.3, 0.4) is 0 Å². The van der Waals surface area contributed by atoms with Gasteiger partial charge in [-0.15, -0.1) is 0 Å². The zero-order chi connectivity index (χ0) is 28.4. The Balaban J connectivity index is 1.00. The van der Waals surface area contributed by atoms with Crippen molar-refractivity contribution in [2.45, 2.75) is 88.9 Å². The van der Waals surface area contributed by atoms with Gasteiger partial charge in [-0.1, -0.05) is 42.5 Å². The van der Waals surface area contributed by atoms with E-state index >= 15 is 0 Å². The number of pyridine rings is 1. The Hall–Kier alpha value is -3.57. The first kappa shape index (κ1) is 28.9. The minimum absolute atomic E-state index is 0.0624. The Kier molecular flexibility index (Phi) is 10.1. The monoisotopic (exact) mass is 559 g/mol. The zero-order valence-electron chi connectivity index (χ0n) is 23.6. The lowest BCUT2D eigenvalue weighted by Crippen LogP contribution is -2.44. The molecule has 8 heteroatoms. The van der Waals surface area contributed by atoms with Gasteiger partial charge in [0.05, 0.1) is 12.0 Å². The number of rotatable bonds is 10. The summed E-state index contributed by atoms with van der Waals surface area (Å²) in [7, 11) is 0. The van der Waals surface area contributed by atoms with Crippen LogP contribution in [-0.2, 0) is 27.1 Å². The molecule has 8 nitrogen and oxygen atoms in total. The van der Waals surface area contributed by atoms with Gasteiger partial charge in [0.2, 0.25) is 0 Å². The molecule has 1 aliphatic heterocycles. The number of carbonyl (C=O) groups is 2. The second kappa shape index (κ2) is 14.4. The number of carbonyl (C=O) groups excluding carboxylic acids is 1. The molecule has 5 rings (SSSR count). The highest BCUT2D eigenvalue weighted by molar-refractivity contribution is 5.79. The smallest absolute Gasteiger partial charge is 0.408 e. The molecule has 2 fully saturated rings. The largest absolute Gasteiger partial charge is 0.480 e. The van der Waals surface area contributed by atoms with E-state index in [0.29, 0.717) is 5.92 Å². The lowest BCUT2D eigenvalue weighted by Gasteiger charge is -2.35. The average Bonchev–Trinajstić information content (AvgIpc) is 2.97. The van der Waals surface area contributed by atoms with E-state index in [9.17, 15) is 14.7 Å². The summed E-state index contributed by atoms with van der Waals surface area (Å²) in [5, 5.41) is 15.6. The molecule has 2 heterocycles. The number of aliphatic carboxylic acids is 1. The standard InChI is InChI=1S/C33H41N3O5/c37-32(38)29(36-33(39)41-30-11-5-4-9-25(30)14-12-23-7-2-1-3-8-23)18-20-40-28-21-24(22-28)13-16-27-17-15-26-10-6-19-34-31(26)35-27/h1-3,7-8,15,17,24-25,28-30H,4-6,9-11,13,16,18-22H2,(H,34,35)(H,36,39)(H,37,38)/t24?,25-,28?,29?,30+/m1/s1. The number of hydrogen-bond donors (Lipinski definition) is 3. The normalized spacial score (nSPS) is 23.9. The van der Waals surface area contributed by atoms with Gasteiger partial charge in [-0.05, 0) is 87.5 Å². The van der Waals surface area contributed by atoms with E-state index in [1.54, 1.807) is 0 Å². The number of carboxylic acid groups (broad SMARTS) is 1. The summed E-state index contributed by atoms with van der Waals surface area (Å²) in [6, 6.07) is 13.0. The maximum atomic E-state index is 12.6. The molecule has 3 atom stereocenters. The number of ether oxygens (including phenoxy) is 2. The van der Waals surface area contributed by atoms with Crippen molar-refractivity contribution in [1.29, 1.82) is 0 Å². The summed E-state index contributed by atoms with van der Waals surface area (Å²) in [4.78, 5) is 29.2. The quantitative estimate of drug-likeness (QED) is 0.337. The molecule has 3 aliphatic rings. The number of fused-ring (bicyclic) bond motifs is 1. The van der Waals surface area contributed by atoms with Gasteiger partial charge in [-0.25, -0.2) is 14.6 Å². The predicted molar refractivity (Wildman–Crippen MR) is 157 cm³/mol. The number of nitrogens with one attached hydrogen (secondary N) is 2. The number of anilines is 1. The Morgan fingerprint density at radius 3 is 2.76 bits per heavy atom. The number of amides is 1. The van der Waals surface area contributed by atoms with Gasteiger partial charge in [-0.3, -0.25) is 0 Å². The first-order chi connectivity index (χ1) is 20.0. The molecule has 2 aromatic rings. The van der Waals surface area contributed by atoms with E-state index in [1.165, 1.54) is 5.56 Å². The van der Waals surface area contributed by atoms with Crippen LogP contribution in [0.4, 0.5) is 10.6 Å². The van der Waals surface area contributed by atoms with Crippen LogP contribution >= 0.6 is 0 Å². The number of carboxylic acids is 1. The van der Waals surface area contributed by atoms with Crippen LogP contribution in [0.2, 0.25) is 0 Å². The van der Waals surface area contributed by atoms with E-state index in [4.69, 9.17) is 14.5 Å². The molecular formula is C33H41N3O5. The van der Waals surface area contributed by atoms with Gasteiger partial charge in [0.15, 0.2) is 0 Å². The zero-order valence-corrected chi connectivity index (χ0v) is 23.6. The minimum Gasteiger partial charge on any atom is -0.480 e. The van der Waals surface area contributed by atoms with Crippen molar-refractivity contribution < 1.29 is 24.2 Å². The molecule has 1 aromatic heterocycles. The molecule has 0 saturated heterocycles. The van der Waals surface area contributed by atoms with Crippen LogP contribution in [0.5, 0.6) is 0 Å². The van der Waals surface area contributed by atoms with Crippen molar-refractivity contribution in [3.63, 3.8) is 0 Å². The summed E-state index contributed by atoms with van der Waals surface area (Å²) in [6.45, 7) is 1.27. The molecule has 1 aromatic carbocycles. The van der Waals surface area contributed by atoms with Gasteiger partial charge in [0.1, 0.15) is 18.0 Å². The van der Waals surface area contributed by atoms with E-state index in [0.717, 1.165) is 87.8 Å². The van der Waals surface area contributed by atoms with Gasteiger partial charge >= 0.3 is 12.1 Å². The molecule has 2 saturated carbocycles. The fraction of sp³-hybridized carbons (Fsp3) is 0.545. The van der Waals surface area contributed by atoms with Crippen LogP contribution in [0.1, 0.15) is 74.6 Å². The number of benzene rings is 1. The predicted octanol–water partition coefficient (Wildman–Crippen LogP) is 5.35. The Bertz CT molecular complexity index is 1230. The third kappa shape index (κ3) is 8.46. The van der Waals surface area contributed by atoms with Crippen LogP contribution in [-0.4, -0.2) is 53.6 Å².